The molecule has 5 nitrogen and oxygen atoms in total. The van der Waals surface area contributed by atoms with Crippen molar-refractivity contribution in [2.24, 2.45) is 0 Å². The molecule has 1 heterocycles. The van der Waals surface area contributed by atoms with Crippen LogP contribution in [0.25, 0.3) is 22.4 Å². The van der Waals surface area contributed by atoms with E-state index < -0.39 is 5.63 Å². The normalized spacial score (nSPS) is 10.2. The van der Waals surface area contributed by atoms with Crippen LogP contribution in [0.4, 0.5) is 5.69 Å². The molecule has 4 aromatic rings. The third-order valence-electron chi connectivity index (χ3n) is 4.25. The highest BCUT2D eigenvalue weighted by Gasteiger charge is 2.14. The molecule has 5 heteroatoms. The number of nitrogens with zero attached hydrogens (tertiary/aromatic N) is 1. The van der Waals surface area contributed by atoms with Gasteiger partial charge in [0.05, 0.1) is 22.2 Å². The molecule has 0 aliphatic carbocycles. The lowest BCUT2D eigenvalue weighted by molar-refractivity contribution is 0.102. The zero-order valence-corrected chi connectivity index (χ0v) is 16.6. The van der Waals surface area contributed by atoms with Gasteiger partial charge >= 0.3 is 5.63 Å². The zero-order valence-electron chi connectivity index (χ0n) is 16.6. The highest BCUT2D eigenvalue weighted by Crippen LogP contribution is 2.27. The van der Waals surface area contributed by atoms with Gasteiger partial charge in [-0.05, 0) is 43.3 Å². The molecular weight excluding hydrogens is 364 g/mol. The molecule has 0 saturated heterocycles. The van der Waals surface area contributed by atoms with Crippen LogP contribution >= 0.6 is 0 Å². The number of aryl methyl sites for hydroxylation is 1. The van der Waals surface area contributed by atoms with E-state index in [0.29, 0.717) is 27.7 Å². The number of nitrogens with one attached hydrogen (secondary N) is 1. The Hall–Kier alpha value is -3.73. The summed E-state index contributed by atoms with van der Waals surface area (Å²) in [5, 5.41) is 3.29. The third-order valence-corrected chi connectivity index (χ3v) is 4.25. The smallest absolute Gasteiger partial charge is 0.347 e. The van der Waals surface area contributed by atoms with Crippen molar-refractivity contribution in [3.63, 3.8) is 0 Å². The summed E-state index contributed by atoms with van der Waals surface area (Å²) >= 11 is 0. The minimum atomic E-state index is -0.463. The lowest BCUT2D eigenvalue weighted by Gasteiger charge is -2.10. The second kappa shape index (κ2) is 8.97. The lowest BCUT2D eigenvalue weighted by Crippen LogP contribution is -2.13. The quantitative estimate of drug-likeness (QED) is 0.509. The number of anilines is 1. The number of carbonyl (C=O) groups is 1. The molecule has 0 saturated carbocycles. The number of fused-ring (bicyclic) bond motifs is 1. The summed E-state index contributed by atoms with van der Waals surface area (Å²) in [7, 11) is 0. The number of rotatable bonds is 3. The maximum Gasteiger partial charge on any atom is 0.347 e. The van der Waals surface area contributed by atoms with E-state index in [1.165, 1.54) is 0 Å². The molecule has 1 aromatic heterocycles. The van der Waals surface area contributed by atoms with Gasteiger partial charge in [0.25, 0.3) is 5.91 Å². The predicted molar refractivity (Wildman–Crippen MR) is 116 cm³/mol. The highest BCUT2D eigenvalue weighted by atomic mass is 16.4. The first kappa shape index (κ1) is 20.0. The van der Waals surface area contributed by atoms with Crippen molar-refractivity contribution >= 4 is 22.5 Å². The molecule has 0 spiro atoms. The first-order valence-corrected chi connectivity index (χ1v) is 9.49. The number of hydrogen-bond acceptors (Lipinski definition) is 4. The Labute approximate surface area is 169 Å². The van der Waals surface area contributed by atoms with Gasteiger partial charge in [-0.2, -0.15) is 0 Å². The van der Waals surface area contributed by atoms with Gasteiger partial charge in [-0.25, -0.2) is 9.78 Å². The van der Waals surface area contributed by atoms with Gasteiger partial charge in [-0.3, -0.25) is 4.79 Å². The van der Waals surface area contributed by atoms with Crippen LogP contribution in [0.15, 0.2) is 82.0 Å². The van der Waals surface area contributed by atoms with E-state index in [-0.39, 0.29) is 11.8 Å². The number of amides is 1. The van der Waals surface area contributed by atoms with E-state index in [2.05, 4.69) is 10.3 Å². The molecule has 1 amide bonds. The van der Waals surface area contributed by atoms with E-state index in [0.717, 1.165) is 5.56 Å². The number of benzene rings is 3. The highest BCUT2D eigenvalue weighted by molar-refractivity contribution is 6.06. The van der Waals surface area contributed by atoms with Crippen LogP contribution in [0.3, 0.4) is 0 Å². The molecule has 29 heavy (non-hydrogen) atoms. The molecule has 0 unspecified atom stereocenters. The first-order valence-electron chi connectivity index (χ1n) is 9.49. The van der Waals surface area contributed by atoms with Crippen LogP contribution in [-0.2, 0) is 0 Å². The van der Waals surface area contributed by atoms with Crippen LogP contribution in [-0.4, -0.2) is 10.9 Å². The van der Waals surface area contributed by atoms with Gasteiger partial charge in [0.2, 0.25) is 5.89 Å². The second-order valence-corrected chi connectivity index (χ2v) is 6.19. The summed E-state index contributed by atoms with van der Waals surface area (Å²) in [5.41, 5.74) is 2.77. The molecular formula is C24H22N2O3. The van der Waals surface area contributed by atoms with Crippen LogP contribution in [0, 0.1) is 6.92 Å². The Morgan fingerprint density at radius 1 is 0.897 bits per heavy atom. The van der Waals surface area contributed by atoms with Gasteiger partial charge in [-0.1, -0.05) is 55.8 Å². The molecule has 0 aliphatic rings. The average molecular weight is 386 g/mol. The SMILES string of the molecule is CC.Cc1ccc(C(=O)Nc2ccccc2-c2nc3ccccc3c(=O)o2)cc1. The molecule has 4 rings (SSSR count). The third kappa shape index (κ3) is 4.41. The largest absolute Gasteiger partial charge is 0.403 e. The minimum Gasteiger partial charge on any atom is -0.403 e. The predicted octanol–water partition coefficient (Wildman–Crippen LogP) is 5.44. The molecule has 0 fully saturated rings. The average Bonchev–Trinajstić information content (AvgIpc) is 2.76. The van der Waals surface area contributed by atoms with Gasteiger partial charge in [0, 0.05) is 5.56 Å². The molecule has 0 aliphatic heterocycles. The van der Waals surface area contributed by atoms with E-state index in [4.69, 9.17) is 4.42 Å². The molecule has 0 atom stereocenters. The summed E-state index contributed by atoms with van der Waals surface area (Å²) in [6.45, 7) is 5.96. The van der Waals surface area contributed by atoms with Crippen molar-refractivity contribution in [3.8, 4) is 11.5 Å². The van der Waals surface area contributed by atoms with Gasteiger partial charge in [-0.15, -0.1) is 0 Å². The lowest BCUT2D eigenvalue weighted by atomic mass is 10.1. The van der Waals surface area contributed by atoms with Crippen LogP contribution < -0.4 is 10.9 Å². The summed E-state index contributed by atoms with van der Waals surface area (Å²) in [5.74, 6) is -0.0795. The number of aromatic nitrogens is 1. The van der Waals surface area contributed by atoms with E-state index in [9.17, 15) is 9.59 Å². The van der Waals surface area contributed by atoms with E-state index in [1.54, 1.807) is 54.6 Å². The summed E-state index contributed by atoms with van der Waals surface area (Å²) < 4.78 is 5.40. The molecule has 1 N–H and O–H groups in total. The van der Waals surface area contributed by atoms with Gasteiger partial charge < -0.3 is 9.73 Å². The molecule has 0 radical (unpaired) electrons. The fourth-order valence-electron chi connectivity index (χ4n) is 2.81. The number of carbonyl (C=O) groups excluding carboxylic acids is 1. The fraction of sp³-hybridized carbons (Fsp3) is 0.125. The van der Waals surface area contributed by atoms with Crippen molar-refractivity contribution < 1.29 is 9.21 Å². The Balaban J connectivity index is 0.00000117. The summed E-state index contributed by atoms with van der Waals surface area (Å²) in [6, 6.07) is 21.4. The van der Waals surface area contributed by atoms with E-state index in [1.807, 2.05) is 39.0 Å². The summed E-state index contributed by atoms with van der Waals surface area (Å²) in [6.07, 6.45) is 0. The van der Waals surface area contributed by atoms with Gasteiger partial charge in [0.1, 0.15) is 0 Å². The van der Waals surface area contributed by atoms with Crippen molar-refractivity contribution in [3.05, 3.63) is 94.3 Å². The number of hydrogen-bond donors (Lipinski definition) is 1. The van der Waals surface area contributed by atoms with Crippen molar-refractivity contribution in [2.75, 3.05) is 5.32 Å². The Morgan fingerprint density at radius 3 is 2.31 bits per heavy atom. The first-order chi connectivity index (χ1) is 14.1. The molecule has 3 aromatic carbocycles. The van der Waals surface area contributed by atoms with Gasteiger partial charge in [0.15, 0.2) is 0 Å². The molecule has 146 valence electrons. The Morgan fingerprint density at radius 2 is 1.55 bits per heavy atom. The summed E-state index contributed by atoms with van der Waals surface area (Å²) in [4.78, 5) is 29.3. The minimum absolute atomic E-state index is 0.165. The zero-order chi connectivity index (χ0) is 20.8. The standard InChI is InChI=1S/C22H16N2O3.C2H6/c1-14-10-12-15(13-11-14)20(25)23-18-8-4-2-6-16(18)21-24-19-9-5-3-7-17(19)22(26)27-21;1-2/h2-13H,1H3,(H,23,25);1-2H3. The van der Waals surface area contributed by atoms with Crippen LogP contribution in [0.5, 0.6) is 0 Å². The Bertz CT molecular complexity index is 1190. The topological polar surface area (TPSA) is 72.2 Å². The van der Waals surface area contributed by atoms with Crippen molar-refractivity contribution in [2.45, 2.75) is 20.8 Å². The molecule has 0 bridgehead atoms. The second-order valence-electron chi connectivity index (χ2n) is 6.19. The fourth-order valence-corrected chi connectivity index (χ4v) is 2.81. The van der Waals surface area contributed by atoms with E-state index >= 15 is 0 Å². The monoisotopic (exact) mass is 386 g/mol. The van der Waals surface area contributed by atoms with Crippen LogP contribution in [0.2, 0.25) is 0 Å². The van der Waals surface area contributed by atoms with Crippen LogP contribution in [0.1, 0.15) is 29.8 Å². The maximum atomic E-state index is 12.6. The van der Waals surface area contributed by atoms with Crippen molar-refractivity contribution in [1.29, 1.82) is 0 Å². The Kier molecular flexibility index (Phi) is 6.19. The van der Waals surface area contributed by atoms with Crippen molar-refractivity contribution in [1.82, 2.24) is 4.98 Å². The number of para-hydroxylation sites is 2. The maximum absolute atomic E-state index is 12.6.